The van der Waals surface area contributed by atoms with E-state index in [1.165, 1.54) is 22.9 Å². The summed E-state index contributed by atoms with van der Waals surface area (Å²) in [4.78, 5) is 20.1. The number of amides is 1. The number of hydrogen-bond acceptors (Lipinski definition) is 3. The lowest BCUT2D eigenvalue weighted by Crippen LogP contribution is -2.14. The molecule has 0 aliphatic heterocycles. The largest absolute Gasteiger partial charge is 0.337 e. The summed E-state index contributed by atoms with van der Waals surface area (Å²) in [6.45, 7) is 4.12. The molecule has 3 aromatic rings. The second-order valence-electron chi connectivity index (χ2n) is 6.17. The van der Waals surface area contributed by atoms with Crippen molar-refractivity contribution in [3.63, 3.8) is 0 Å². The zero-order valence-electron chi connectivity index (χ0n) is 15.1. The maximum atomic E-state index is 12.2. The van der Waals surface area contributed by atoms with Crippen molar-refractivity contribution in [3.05, 3.63) is 77.1 Å². The van der Waals surface area contributed by atoms with Crippen LogP contribution < -0.4 is 5.32 Å². The Morgan fingerprint density at radius 1 is 1.12 bits per heavy atom. The Kier molecular flexibility index (Phi) is 6.12. The number of aromatic nitrogens is 2. The standard InChI is InChI=1S/C21H23N3OS/c1-3-16-10-7-11-18(12-16)23-20(25)14-26-21-22-15(2)19(24-21)13-17-8-5-4-6-9-17/h4-12H,3,13-14H2,1-2H3,(H,22,24)(H,23,25). The average molecular weight is 366 g/mol. The lowest BCUT2D eigenvalue weighted by molar-refractivity contribution is -0.113. The van der Waals surface area contributed by atoms with Crippen LogP contribution in [0.3, 0.4) is 0 Å². The van der Waals surface area contributed by atoms with Gasteiger partial charge in [-0.2, -0.15) is 0 Å². The number of nitrogens with one attached hydrogen (secondary N) is 2. The lowest BCUT2D eigenvalue weighted by atomic mass is 10.1. The number of benzene rings is 2. The van der Waals surface area contributed by atoms with E-state index in [9.17, 15) is 4.79 Å². The van der Waals surface area contributed by atoms with Crippen molar-refractivity contribution in [2.45, 2.75) is 31.8 Å². The monoisotopic (exact) mass is 365 g/mol. The Morgan fingerprint density at radius 3 is 2.65 bits per heavy atom. The molecule has 5 heteroatoms. The minimum Gasteiger partial charge on any atom is -0.337 e. The second-order valence-corrected chi connectivity index (χ2v) is 7.13. The first kappa shape index (κ1) is 18.3. The number of anilines is 1. The Labute approximate surface area is 158 Å². The topological polar surface area (TPSA) is 57.8 Å². The fourth-order valence-electron chi connectivity index (χ4n) is 2.70. The molecule has 134 valence electrons. The maximum Gasteiger partial charge on any atom is 0.234 e. The van der Waals surface area contributed by atoms with Gasteiger partial charge in [-0.3, -0.25) is 4.79 Å². The van der Waals surface area contributed by atoms with Gasteiger partial charge in [0.25, 0.3) is 0 Å². The van der Waals surface area contributed by atoms with Crippen molar-refractivity contribution in [2.75, 3.05) is 11.1 Å². The van der Waals surface area contributed by atoms with E-state index in [4.69, 9.17) is 0 Å². The molecule has 0 spiro atoms. The number of carbonyl (C=O) groups excluding carboxylic acids is 1. The van der Waals surface area contributed by atoms with E-state index < -0.39 is 0 Å². The Bertz CT molecular complexity index is 874. The van der Waals surface area contributed by atoms with Gasteiger partial charge < -0.3 is 10.3 Å². The minimum atomic E-state index is -0.0260. The van der Waals surface area contributed by atoms with Crippen molar-refractivity contribution in [2.24, 2.45) is 0 Å². The summed E-state index contributed by atoms with van der Waals surface area (Å²) in [6.07, 6.45) is 1.74. The molecule has 1 amide bonds. The SMILES string of the molecule is CCc1cccc(NC(=O)CSc2nc(Cc3ccccc3)c(C)[nH]2)c1. The molecule has 2 aromatic carbocycles. The van der Waals surface area contributed by atoms with Crippen molar-refractivity contribution in [1.82, 2.24) is 9.97 Å². The molecule has 0 saturated heterocycles. The molecule has 1 aromatic heterocycles. The summed E-state index contributed by atoms with van der Waals surface area (Å²) >= 11 is 1.42. The summed E-state index contributed by atoms with van der Waals surface area (Å²) in [5, 5.41) is 3.73. The van der Waals surface area contributed by atoms with Crippen LogP contribution in [-0.2, 0) is 17.6 Å². The zero-order chi connectivity index (χ0) is 18.4. The highest BCUT2D eigenvalue weighted by atomic mass is 32.2. The van der Waals surface area contributed by atoms with Crippen LogP contribution in [-0.4, -0.2) is 21.6 Å². The number of aryl methyl sites for hydroxylation is 2. The van der Waals surface area contributed by atoms with E-state index in [1.54, 1.807) is 0 Å². The van der Waals surface area contributed by atoms with Gasteiger partial charge >= 0.3 is 0 Å². The van der Waals surface area contributed by atoms with E-state index in [1.807, 2.05) is 43.3 Å². The highest BCUT2D eigenvalue weighted by molar-refractivity contribution is 7.99. The molecule has 0 saturated carbocycles. The molecule has 26 heavy (non-hydrogen) atoms. The molecule has 0 unspecified atom stereocenters. The van der Waals surface area contributed by atoms with E-state index in [0.717, 1.165) is 35.1 Å². The van der Waals surface area contributed by atoms with Gasteiger partial charge in [-0.15, -0.1) is 0 Å². The number of imidazole rings is 1. The third-order valence-electron chi connectivity index (χ3n) is 4.14. The van der Waals surface area contributed by atoms with E-state index >= 15 is 0 Å². The number of H-pyrrole nitrogens is 1. The van der Waals surface area contributed by atoms with Crippen LogP contribution in [0.1, 0.15) is 29.4 Å². The number of nitrogens with zero attached hydrogens (tertiary/aromatic N) is 1. The molecule has 0 aliphatic rings. The predicted molar refractivity (Wildman–Crippen MR) is 108 cm³/mol. The minimum absolute atomic E-state index is 0.0260. The summed E-state index contributed by atoms with van der Waals surface area (Å²) in [5.74, 6) is 0.301. The zero-order valence-corrected chi connectivity index (χ0v) is 15.9. The fraction of sp³-hybridized carbons (Fsp3) is 0.238. The van der Waals surface area contributed by atoms with Gasteiger partial charge in [-0.1, -0.05) is 61.2 Å². The maximum absolute atomic E-state index is 12.2. The van der Waals surface area contributed by atoms with Gasteiger partial charge in [0.05, 0.1) is 11.4 Å². The summed E-state index contributed by atoms with van der Waals surface area (Å²) < 4.78 is 0. The fourth-order valence-corrected chi connectivity index (χ4v) is 3.44. The van der Waals surface area contributed by atoms with E-state index in [0.29, 0.717) is 5.75 Å². The highest BCUT2D eigenvalue weighted by Crippen LogP contribution is 2.19. The Balaban J connectivity index is 1.56. The van der Waals surface area contributed by atoms with E-state index in [-0.39, 0.29) is 5.91 Å². The van der Waals surface area contributed by atoms with Gasteiger partial charge in [0, 0.05) is 17.8 Å². The van der Waals surface area contributed by atoms with Gasteiger partial charge in [0.2, 0.25) is 5.91 Å². The van der Waals surface area contributed by atoms with Crippen molar-refractivity contribution in [3.8, 4) is 0 Å². The smallest absolute Gasteiger partial charge is 0.234 e. The molecule has 0 radical (unpaired) electrons. The summed E-state index contributed by atoms with van der Waals surface area (Å²) in [7, 11) is 0. The number of rotatable bonds is 7. The highest BCUT2D eigenvalue weighted by Gasteiger charge is 2.10. The molecule has 1 heterocycles. The molecule has 0 aliphatic carbocycles. The first-order chi connectivity index (χ1) is 12.6. The van der Waals surface area contributed by atoms with Crippen molar-refractivity contribution < 1.29 is 4.79 Å². The van der Waals surface area contributed by atoms with Gasteiger partial charge in [-0.05, 0) is 36.6 Å². The van der Waals surface area contributed by atoms with Crippen molar-refractivity contribution >= 4 is 23.4 Å². The predicted octanol–water partition coefficient (Wildman–Crippen LogP) is 4.60. The Morgan fingerprint density at radius 2 is 1.88 bits per heavy atom. The number of hydrogen-bond donors (Lipinski definition) is 2. The Hall–Kier alpha value is -2.53. The summed E-state index contributed by atoms with van der Waals surface area (Å²) in [5.41, 5.74) is 5.35. The molecule has 3 rings (SSSR count). The molecule has 0 fully saturated rings. The molecule has 2 N–H and O–H groups in total. The second kappa shape index (κ2) is 8.72. The van der Waals surface area contributed by atoms with Crippen molar-refractivity contribution in [1.29, 1.82) is 0 Å². The van der Waals surface area contributed by atoms with Crippen LogP contribution in [0.2, 0.25) is 0 Å². The molecule has 4 nitrogen and oxygen atoms in total. The third kappa shape index (κ3) is 4.99. The van der Waals surface area contributed by atoms with Gasteiger partial charge in [0.15, 0.2) is 5.16 Å². The molecular formula is C21H23N3OS. The van der Waals surface area contributed by atoms with Crippen LogP contribution in [0.15, 0.2) is 59.8 Å². The molecular weight excluding hydrogens is 342 g/mol. The van der Waals surface area contributed by atoms with Gasteiger partial charge in [0.1, 0.15) is 0 Å². The van der Waals surface area contributed by atoms with E-state index in [2.05, 4.69) is 40.4 Å². The number of aromatic amines is 1. The third-order valence-corrected chi connectivity index (χ3v) is 5.01. The molecule has 0 atom stereocenters. The average Bonchev–Trinajstić information content (AvgIpc) is 3.00. The van der Waals surface area contributed by atoms with Crippen LogP contribution in [0.4, 0.5) is 5.69 Å². The quantitative estimate of drug-likeness (QED) is 0.602. The number of thioether (sulfide) groups is 1. The normalized spacial score (nSPS) is 10.7. The van der Waals surface area contributed by atoms with Crippen LogP contribution in [0, 0.1) is 6.92 Å². The van der Waals surface area contributed by atoms with Gasteiger partial charge in [-0.25, -0.2) is 4.98 Å². The van der Waals surface area contributed by atoms with Crippen LogP contribution in [0.5, 0.6) is 0 Å². The summed E-state index contributed by atoms with van der Waals surface area (Å²) in [6, 6.07) is 18.2. The first-order valence-electron chi connectivity index (χ1n) is 8.75. The van der Waals surface area contributed by atoms with Crippen LogP contribution in [0.25, 0.3) is 0 Å². The molecule has 0 bridgehead atoms. The number of carbonyl (C=O) groups is 1. The first-order valence-corrected chi connectivity index (χ1v) is 9.73. The van der Waals surface area contributed by atoms with Crippen LogP contribution >= 0.6 is 11.8 Å². The lowest BCUT2D eigenvalue weighted by Gasteiger charge is -2.05.